The highest BCUT2D eigenvalue weighted by Crippen LogP contribution is 2.25. The van der Waals surface area contributed by atoms with E-state index in [0.29, 0.717) is 24.6 Å². The molecule has 2 aromatic heterocycles. The Labute approximate surface area is 180 Å². The van der Waals surface area contributed by atoms with Crippen LogP contribution in [-0.2, 0) is 17.5 Å². The number of nitrogens with two attached hydrogens (primary N) is 1. The van der Waals surface area contributed by atoms with Crippen LogP contribution in [0.3, 0.4) is 0 Å². The number of aliphatic hydroxyl groups excluding tert-OH is 2. The van der Waals surface area contributed by atoms with Gasteiger partial charge in [0.1, 0.15) is 18.2 Å². The molecule has 2 rings (SSSR count). The van der Waals surface area contributed by atoms with E-state index in [1.165, 1.54) is 4.88 Å². The zero-order valence-corrected chi connectivity index (χ0v) is 19.8. The zero-order valence-electron chi connectivity index (χ0n) is 18.1. The van der Waals surface area contributed by atoms with Crippen molar-refractivity contribution in [1.29, 1.82) is 0 Å². The van der Waals surface area contributed by atoms with Crippen molar-refractivity contribution in [2.45, 2.75) is 26.8 Å². The van der Waals surface area contributed by atoms with Crippen molar-refractivity contribution >= 4 is 25.0 Å². The Bertz CT molecular complexity index is 813. The normalized spacial score (nSPS) is 11.3. The summed E-state index contributed by atoms with van der Waals surface area (Å²) in [5.41, 5.74) is 10.0. The third-order valence-electron chi connectivity index (χ3n) is 3.63. The summed E-state index contributed by atoms with van der Waals surface area (Å²) in [4.78, 5) is 31.1. The van der Waals surface area contributed by atoms with Crippen molar-refractivity contribution in [3.63, 3.8) is 0 Å². The molecule has 0 saturated carbocycles. The molecule has 0 bridgehead atoms. The predicted molar refractivity (Wildman–Crippen MR) is 115 cm³/mol. The van der Waals surface area contributed by atoms with Gasteiger partial charge < -0.3 is 35.1 Å². The van der Waals surface area contributed by atoms with E-state index >= 15 is 0 Å². The Balaban J connectivity index is 0.000000581. The number of quaternary nitrogens is 1. The van der Waals surface area contributed by atoms with Crippen LogP contribution < -0.4 is 10.3 Å². The molecule has 2 aromatic rings. The average molecular weight is 468 g/mol. The average Bonchev–Trinajstić information content (AvgIpc) is 2.89. The fraction of sp³-hybridized carbons (Fsp3) is 0.588. The molecular formula is C17H34N5O6PS+2. The van der Waals surface area contributed by atoms with Gasteiger partial charge >= 0.3 is 7.82 Å². The minimum absolute atomic E-state index is 0.178. The van der Waals surface area contributed by atoms with Crippen molar-refractivity contribution in [1.82, 2.24) is 9.97 Å². The Hall–Kier alpha value is -1.50. The van der Waals surface area contributed by atoms with Crippen LogP contribution in [0.2, 0.25) is 0 Å². The number of nitrogens with zero attached hydrogens (tertiary/aromatic N) is 4. The molecule has 0 aliphatic carbocycles. The van der Waals surface area contributed by atoms with Gasteiger partial charge in [-0.05, 0) is 6.92 Å². The van der Waals surface area contributed by atoms with Gasteiger partial charge in [-0.2, -0.15) is 4.57 Å². The number of phosphoric acid groups is 1. The molecule has 0 aromatic carbocycles. The fourth-order valence-corrected chi connectivity index (χ4v) is 3.05. The van der Waals surface area contributed by atoms with Crippen LogP contribution in [0.15, 0.2) is 11.7 Å². The van der Waals surface area contributed by atoms with Gasteiger partial charge in [0.25, 0.3) is 0 Å². The van der Waals surface area contributed by atoms with E-state index in [1.54, 1.807) is 17.5 Å². The lowest BCUT2D eigenvalue weighted by Gasteiger charge is -2.21. The number of rotatable bonds is 6. The standard InChI is InChI=1S/C12H17N4OS.C5H14NO.H3O4P/c1-8-11(3-4-17)18-7-16(8)6-10-5-14-9(2)15-12(10)13;1-6(2,3)4-5-7;1-5(2,3)4/h5,7,17H,3-4,6H2,1-2H3,(H2,13,14,15);7H,4-5H2,1-3H3;(H3,1,2,3,4)/q2*+1;. The summed E-state index contributed by atoms with van der Waals surface area (Å²) in [7, 11) is 1.52. The second-order valence-electron chi connectivity index (χ2n) is 7.41. The maximum atomic E-state index is 8.98. The summed E-state index contributed by atoms with van der Waals surface area (Å²) in [5, 5.41) is 17.4. The number of hydrogen-bond donors (Lipinski definition) is 6. The van der Waals surface area contributed by atoms with Crippen molar-refractivity contribution < 1.29 is 38.5 Å². The molecule has 30 heavy (non-hydrogen) atoms. The zero-order chi connectivity index (χ0) is 23.5. The van der Waals surface area contributed by atoms with Crippen molar-refractivity contribution in [2.75, 3.05) is 46.6 Å². The van der Waals surface area contributed by atoms with E-state index in [0.717, 1.165) is 22.3 Å². The first-order valence-corrected chi connectivity index (χ1v) is 11.5. The monoisotopic (exact) mass is 467 g/mol. The Morgan fingerprint density at radius 2 is 1.73 bits per heavy atom. The first-order valence-electron chi connectivity index (χ1n) is 9.02. The highest BCUT2D eigenvalue weighted by molar-refractivity contribution is 7.45. The molecule has 0 spiro atoms. The minimum Gasteiger partial charge on any atom is -0.396 e. The van der Waals surface area contributed by atoms with E-state index in [-0.39, 0.29) is 13.2 Å². The summed E-state index contributed by atoms with van der Waals surface area (Å²) in [6.45, 7) is 5.83. The molecule has 172 valence electrons. The van der Waals surface area contributed by atoms with Gasteiger partial charge in [0.2, 0.25) is 5.51 Å². The number of likely N-dealkylation sites (N-methyl/N-ethyl adjacent to an activating group) is 1. The quantitative estimate of drug-likeness (QED) is 0.183. The molecule has 0 fully saturated rings. The van der Waals surface area contributed by atoms with Gasteiger partial charge in [0.15, 0.2) is 12.2 Å². The fourth-order valence-electron chi connectivity index (χ4n) is 2.07. The SMILES string of the molecule is C[N+](C)(C)CCO.Cc1ncc(C[n+]2csc(CCO)c2C)c(N)n1.O=P(O)(O)O. The van der Waals surface area contributed by atoms with Crippen LogP contribution in [0.5, 0.6) is 0 Å². The lowest BCUT2D eigenvalue weighted by molar-refractivity contribution is -0.870. The summed E-state index contributed by atoms with van der Waals surface area (Å²) >= 11 is 1.65. The molecule has 0 saturated heterocycles. The van der Waals surface area contributed by atoms with E-state index < -0.39 is 7.82 Å². The predicted octanol–water partition coefficient (Wildman–Crippen LogP) is -0.636. The van der Waals surface area contributed by atoms with E-state index in [4.69, 9.17) is 35.2 Å². The molecular weight excluding hydrogens is 433 g/mol. The molecule has 2 heterocycles. The second kappa shape index (κ2) is 13.0. The molecule has 7 N–H and O–H groups in total. The number of anilines is 1. The summed E-state index contributed by atoms with van der Waals surface area (Å²) in [6.07, 6.45) is 2.47. The van der Waals surface area contributed by atoms with Gasteiger partial charge in [-0.15, -0.1) is 0 Å². The Morgan fingerprint density at radius 1 is 1.17 bits per heavy atom. The van der Waals surface area contributed by atoms with Crippen molar-refractivity contribution in [2.24, 2.45) is 0 Å². The maximum Gasteiger partial charge on any atom is 0.466 e. The highest BCUT2D eigenvalue weighted by Gasteiger charge is 2.17. The van der Waals surface area contributed by atoms with Gasteiger partial charge in [0.05, 0.1) is 38.2 Å². The Kier molecular flexibility index (Phi) is 12.4. The largest absolute Gasteiger partial charge is 0.466 e. The van der Waals surface area contributed by atoms with Crippen LogP contribution in [-0.4, -0.2) is 80.2 Å². The molecule has 0 aliphatic rings. The number of nitrogen functional groups attached to an aromatic ring is 1. The molecule has 0 aliphatic heterocycles. The Morgan fingerprint density at radius 3 is 2.13 bits per heavy atom. The smallest absolute Gasteiger partial charge is 0.396 e. The highest BCUT2D eigenvalue weighted by atomic mass is 32.1. The van der Waals surface area contributed by atoms with Crippen LogP contribution in [0, 0.1) is 13.8 Å². The summed E-state index contributed by atoms with van der Waals surface area (Å²) < 4.78 is 11.8. The third-order valence-corrected chi connectivity index (χ3v) is 4.77. The number of aromatic nitrogens is 3. The first-order chi connectivity index (χ1) is 13.7. The van der Waals surface area contributed by atoms with Crippen LogP contribution >= 0.6 is 19.2 Å². The first kappa shape index (κ1) is 28.5. The molecule has 0 atom stereocenters. The van der Waals surface area contributed by atoms with Crippen LogP contribution in [0.25, 0.3) is 0 Å². The van der Waals surface area contributed by atoms with Crippen LogP contribution in [0.4, 0.5) is 5.82 Å². The van der Waals surface area contributed by atoms with Gasteiger partial charge in [-0.3, -0.25) is 0 Å². The molecule has 0 amide bonds. The van der Waals surface area contributed by atoms with E-state index in [9.17, 15) is 0 Å². The minimum atomic E-state index is -4.64. The van der Waals surface area contributed by atoms with Crippen LogP contribution in [0.1, 0.15) is 22.0 Å². The molecule has 0 radical (unpaired) electrons. The molecule has 0 unspecified atom stereocenters. The lowest BCUT2D eigenvalue weighted by atomic mass is 10.2. The number of thiazole rings is 1. The lowest BCUT2D eigenvalue weighted by Crippen LogP contribution is -2.36. The van der Waals surface area contributed by atoms with Gasteiger partial charge in [-0.25, -0.2) is 14.5 Å². The van der Waals surface area contributed by atoms with Gasteiger partial charge in [-0.1, -0.05) is 11.3 Å². The second-order valence-corrected chi connectivity index (χ2v) is 9.38. The molecule has 13 heteroatoms. The number of aryl methyl sites for hydroxylation is 1. The van der Waals surface area contributed by atoms with Gasteiger partial charge in [0, 0.05) is 26.1 Å². The third kappa shape index (κ3) is 13.7. The summed E-state index contributed by atoms with van der Waals surface area (Å²) in [5.74, 6) is 1.22. The van der Waals surface area contributed by atoms with Crippen molar-refractivity contribution in [3.05, 3.63) is 33.7 Å². The van der Waals surface area contributed by atoms with Crippen molar-refractivity contribution in [3.8, 4) is 0 Å². The summed E-state index contributed by atoms with van der Waals surface area (Å²) in [6, 6.07) is 0. The number of hydrogen-bond acceptors (Lipinski definition) is 7. The molecule has 11 nitrogen and oxygen atoms in total. The van der Waals surface area contributed by atoms with E-state index in [1.807, 2.05) is 19.4 Å². The topological polar surface area (TPSA) is 174 Å². The number of aliphatic hydroxyl groups is 2. The maximum absolute atomic E-state index is 8.98. The van der Waals surface area contributed by atoms with E-state index in [2.05, 4.69) is 35.7 Å².